The van der Waals surface area contributed by atoms with Crippen molar-refractivity contribution >= 4 is 5.97 Å². The van der Waals surface area contributed by atoms with Crippen molar-refractivity contribution in [2.24, 2.45) is 0 Å². The molecule has 0 aliphatic rings. The minimum absolute atomic E-state index is 0.0854. The van der Waals surface area contributed by atoms with Gasteiger partial charge in [0.25, 0.3) is 0 Å². The van der Waals surface area contributed by atoms with Crippen molar-refractivity contribution in [1.82, 2.24) is 0 Å². The van der Waals surface area contributed by atoms with Gasteiger partial charge in [-0.25, -0.2) is 4.79 Å². The first kappa shape index (κ1) is 19.7. The van der Waals surface area contributed by atoms with Gasteiger partial charge in [0.05, 0.1) is 33.0 Å². The van der Waals surface area contributed by atoms with Gasteiger partial charge in [-0.1, -0.05) is 0 Å². The molecule has 24 heavy (non-hydrogen) atoms. The summed E-state index contributed by atoms with van der Waals surface area (Å²) in [4.78, 5) is 11.9. The van der Waals surface area contributed by atoms with Crippen LogP contribution in [0.25, 0.3) is 0 Å². The molecule has 0 aliphatic carbocycles. The quantitative estimate of drug-likeness (QED) is 0.660. The predicted molar refractivity (Wildman–Crippen MR) is 89.2 cm³/mol. The van der Waals surface area contributed by atoms with Crippen molar-refractivity contribution in [3.8, 4) is 28.7 Å². The average Bonchev–Trinajstić information content (AvgIpc) is 2.54. The van der Waals surface area contributed by atoms with E-state index in [1.54, 1.807) is 27.7 Å². The number of hydrogen-bond donors (Lipinski definition) is 1. The van der Waals surface area contributed by atoms with Crippen LogP contribution >= 0.6 is 0 Å². The molecular formula is C17H26O7. The lowest BCUT2D eigenvalue weighted by Crippen LogP contribution is -2.13. The molecular weight excluding hydrogens is 316 g/mol. The second-order valence-corrected chi connectivity index (χ2v) is 4.49. The van der Waals surface area contributed by atoms with Crippen LogP contribution in [0.15, 0.2) is 0 Å². The number of ether oxygens (including phenoxy) is 5. The Morgan fingerprint density at radius 1 is 0.625 bits per heavy atom. The molecule has 136 valence electrons. The van der Waals surface area contributed by atoms with Gasteiger partial charge in [-0.15, -0.1) is 0 Å². The third-order valence-corrected chi connectivity index (χ3v) is 2.94. The van der Waals surface area contributed by atoms with Crippen molar-refractivity contribution in [2.75, 3.05) is 33.0 Å². The van der Waals surface area contributed by atoms with Crippen molar-refractivity contribution in [3.05, 3.63) is 5.56 Å². The van der Waals surface area contributed by atoms with Crippen LogP contribution in [0.4, 0.5) is 0 Å². The highest BCUT2D eigenvalue weighted by Gasteiger charge is 2.33. The van der Waals surface area contributed by atoms with Crippen LogP contribution in [-0.4, -0.2) is 44.1 Å². The van der Waals surface area contributed by atoms with Gasteiger partial charge in [0.2, 0.25) is 17.2 Å². The van der Waals surface area contributed by atoms with Crippen LogP contribution in [0.1, 0.15) is 45.0 Å². The van der Waals surface area contributed by atoms with Crippen molar-refractivity contribution < 1.29 is 33.6 Å². The number of carboxylic acid groups (broad SMARTS) is 1. The van der Waals surface area contributed by atoms with E-state index in [2.05, 4.69) is 0 Å². The Bertz CT molecular complexity index is 517. The Morgan fingerprint density at radius 3 is 1.12 bits per heavy atom. The van der Waals surface area contributed by atoms with E-state index in [-0.39, 0.29) is 47.5 Å². The Morgan fingerprint density at radius 2 is 0.875 bits per heavy atom. The zero-order valence-electron chi connectivity index (χ0n) is 14.9. The zero-order chi connectivity index (χ0) is 18.1. The van der Waals surface area contributed by atoms with E-state index in [0.717, 1.165) is 0 Å². The molecule has 0 spiro atoms. The second kappa shape index (κ2) is 9.75. The molecule has 0 saturated carbocycles. The van der Waals surface area contributed by atoms with Gasteiger partial charge in [-0.05, 0) is 34.6 Å². The Kier molecular flexibility index (Phi) is 8.01. The second-order valence-electron chi connectivity index (χ2n) is 4.49. The van der Waals surface area contributed by atoms with Crippen molar-refractivity contribution in [1.29, 1.82) is 0 Å². The van der Waals surface area contributed by atoms with E-state index >= 15 is 0 Å². The van der Waals surface area contributed by atoms with Gasteiger partial charge >= 0.3 is 5.97 Å². The lowest BCUT2D eigenvalue weighted by Gasteiger charge is -2.23. The Balaban J connectivity index is 3.85. The van der Waals surface area contributed by atoms with E-state index in [9.17, 15) is 9.90 Å². The number of carboxylic acids is 1. The van der Waals surface area contributed by atoms with Crippen LogP contribution in [-0.2, 0) is 0 Å². The van der Waals surface area contributed by atoms with Gasteiger partial charge < -0.3 is 28.8 Å². The maximum atomic E-state index is 11.9. The minimum atomic E-state index is -1.19. The molecule has 1 aromatic rings. The smallest absolute Gasteiger partial charge is 0.343 e. The van der Waals surface area contributed by atoms with Crippen molar-refractivity contribution in [2.45, 2.75) is 34.6 Å². The standard InChI is InChI=1S/C17H26O7/c1-6-20-12-11(17(18)19)13(21-7-2)15(23-9-4)16(24-10-5)14(12)22-8-3/h6-10H2,1-5H3,(H,18,19). The molecule has 0 unspecified atom stereocenters. The fraction of sp³-hybridized carbons (Fsp3) is 0.588. The van der Waals surface area contributed by atoms with Gasteiger partial charge in [0.15, 0.2) is 17.1 Å². The lowest BCUT2D eigenvalue weighted by molar-refractivity contribution is 0.0685. The maximum absolute atomic E-state index is 11.9. The fourth-order valence-corrected chi connectivity index (χ4v) is 2.22. The molecule has 0 amide bonds. The normalized spacial score (nSPS) is 10.2. The lowest BCUT2D eigenvalue weighted by atomic mass is 10.1. The highest BCUT2D eigenvalue weighted by Crippen LogP contribution is 2.54. The summed E-state index contributed by atoms with van der Waals surface area (Å²) in [6, 6.07) is 0. The molecule has 1 aromatic carbocycles. The molecule has 0 saturated heterocycles. The molecule has 0 radical (unpaired) electrons. The number of carbonyl (C=O) groups is 1. The summed E-state index contributed by atoms with van der Waals surface area (Å²) < 4.78 is 28.1. The Hall–Kier alpha value is -2.31. The van der Waals surface area contributed by atoms with Gasteiger partial charge in [-0.3, -0.25) is 0 Å². The molecule has 0 fully saturated rings. The fourth-order valence-electron chi connectivity index (χ4n) is 2.22. The van der Waals surface area contributed by atoms with Gasteiger partial charge in [0.1, 0.15) is 0 Å². The van der Waals surface area contributed by atoms with Crippen molar-refractivity contribution in [3.63, 3.8) is 0 Å². The SMILES string of the molecule is CCOc1c(OCC)c(OCC)c(C(=O)O)c(OCC)c1OCC. The number of rotatable bonds is 11. The number of benzene rings is 1. The summed E-state index contributed by atoms with van der Waals surface area (Å²) in [7, 11) is 0. The van der Waals surface area contributed by atoms with Crippen LogP contribution in [0, 0.1) is 0 Å². The molecule has 7 heteroatoms. The summed E-state index contributed by atoms with van der Waals surface area (Å²) in [5, 5.41) is 9.69. The van der Waals surface area contributed by atoms with Crippen LogP contribution in [0.3, 0.4) is 0 Å². The number of aromatic carboxylic acids is 1. The highest BCUT2D eigenvalue weighted by atomic mass is 16.6. The number of hydrogen-bond acceptors (Lipinski definition) is 6. The van der Waals surface area contributed by atoms with E-state index < -0.39 is 5.97 Å². The zero-order valence-corrected chi connectivity index (χ0v) is 14.9. The molecule has 1 rings (SSSR count). The third-order valence-electron chi connectivity index (χ3n) is 2.94. The van der Waals surface area contributed by atoms with Crippen LogP contribution < -0.4 is 23.7 Å². The molecule has 1 N–H and O–H groups in total. The van der Waals surface area contributed by atoms with E-state index in [4.69, 9.17) is 23.7 Å². The summed E-state index contributed by atoms with van der Waals surface area (Å²) in [6.45, 7) is 10.5. The molecule has 0 bridgehead atoms. The van der Waals surface area contributed by atoms with Gasteiger partial charge in [-0.2, -0.15) is 0 Å². The average molecular weight is 342 g/mol. The summed E-state index contributed by atoms with van der Waals surface area (Å²) in [5.41, 5.74) is -0.131. The molecule has 0 atom stereocenters. The summed E-state index contributed by atoms with van der Waals surface area (Å²) in [6.07, 6.45) is 0. The monoisotopic (exact) mass is 342 g/mol. The molecule has 0 aromatic heterocycles. The van der Waals surface area contributed by atoms with Gasteiger partial charge in [0, 0.05) is 0 Å². The molecule has 7 nitrogen and oxygen atoms in total. The first-order valence-corrected chi connectivity index (χ1v) is 8.18. The van der Waals surface area contributed by atoms with E-state index in [1.807, 2.05) is 6.92 Å². The predicted octanol–water partition coefficient (Wildman–Crippen LogP) is 3.38. The highest BCUT2D eigenvalue weighted by molar-refractivity contribution is 5.98. The largest absolute Gasteiger partial charge is 0.489 e. The first-order valence-electron chi connectivity index (χ1n) is 8.18. The third kappa shape index (κ3) is 4.15. The van der Waals surface area contributed by atoms with Crippen LogP contribution in [0.5, 0.6) is 28.7 Å². The Labute approximate surface area is 142 Å². The summed E-state index contributed by atoms with van der Waals surface area (Å²) in [5.74, 6) is -0.301. The van der Waals surface area contributed by atoms with Crippen LogP contribution in [0.2, 0.25) is 0 Å². The van der Waals surface area contributed by atoms with E-state index in [1.165, 1.54) is 0 Å². The maximum Gasteiger partial charge on any atom is 0.343 e. The first-order chi connectivity index (χ1) is 11.6. The molecule has 0 aliphatic heterocycles. The summed E-state index contributed by atoms with van der Waals surface area (Å²) >= 11 is 0. The molecule has 0 heterocycles. The topological polar surface area (TPSA) is 83.5 Å². The van der Waals surface area contributed by atoms with E-state index in [0.29, 0.717) is 19.8 Å². The minimum Gasteiger partial charge on any atom is -0.489 e.